The Labute approximate surface area is 151 Å². The van der Waals surface area contributed by atoms with Crippen LogP contribution in [0.25, 0.3) is 10.6 Å². The molecule has 25 heavy (non-hydrogen) atoms. The van der Waals surface area contributed by atoms with Gasteiger partial charge in [0.15, 0.2) is 11.5 Å². The predicted octanol–water partition coefficient (Wildman–Crippen LogP) is 3.55. The molecule has 0 amide bonds. The van der Waals surface area contributed by atoms with Gasteiger partial charge in [0.2, 0.25) is 0 Å². The number of hydrogen-bond donors (Lipinski definition) is 1. The average Bonchev–Trinajstić information content (AvgIpc) is 3.14. The van der Waals surface area contributed by atoms with Gasteiger partial charge in [-0.05, 0) is 42.8 Å². The summed E-state index contributed by atoms with van der Waals surface area (Å²) < 4.78 is 10.6. The molecule has 0 atom stereocenters. The van der Waals surface area contributed by atoms with Crippen molar-refractivity contribution in [3.63, 3.8) is 0 Å². The molecule has 0 bridgehead atoms. The highest BCUT2D eigenvalue weighted by Crippen LogP contribution is 2.27. The summed E-state index contributed by atoms with van der Waals surface area (Å²) in [4.78, 5) is 9.92. The molecule has 3 rings (SSSR count). The maximum atomic E-state index is 5.34. The molecule has 0 aliphatic rings. The summed E-state index contributed by atoms with van der Waals surface area (Å²) in [6.07, 6.45) is 4.60. The summed E-state index contributed by atoms with van der Waals surface area (Å²) >= 11 is 1.67. The van der Waals surface area contributed by atoms with Gasteiger partial charge in [0, 0.05) is 18.9 Å². The standard InChI is InChI=1S/C19H21N3O2S/c1-23-16-7-6-14(11-17(16)24-2)8-10-20-13-19-22-12-18(25-19)15-5-3-4-9-21-15/h3-7,9,11-12,20H,8,10,13H2,1-2H3. The van der Waals surface area contributed by atoms with Crippen molar-refractivity contribution in [1.82, 2.24) is 15.3 Å². The Morgan fingerprint density at radius 1 is 1.04 bits per heavy atom. The molecular formula is C19H21N3O2S. The molecule has 0 spiro atoms. The molecule has 0 saturated heterocycles. The highest BCUT2D eigenvalue weighted by molar-refractivity contribution is 7.15. The molecule has 0 saturated carbocycles. The summed E-state index contributed by atoms with van der Waals surface area (Å²) in [5.41, 5.74) is 2.18. The molecule has 2 aromatic heterocycles. The Morgan fingerprint density at radius 3 is 2.68 bits per heavy atom. The van der Waals surface area contributed by atoms with Crippen molar-refractivity contribution >= 4 is 11.3 Å². The van der Waals surface area contributed by atoms with Gasteiger partial charge in [0.1, 0.15) is 5.01 Å². The molecule has 0 aliphatic heterocycles. The lowest BCUT2D eigenvalue weighted by Crippen LogP contribution is -2.16. The zero-order valence-electron chi connectivity index (χ0n) is 14.4. The molecule has 0 fully saturated rings. The van der Waals surface area contributed by atoms with E-state index in [0.29, 0.717) is 0 Å². The third-order valence-corrected chi connectivity index (χ3v) is 4.81. The number of thiazole rings is 1. The van der Waals surface area contributed by atoms with Gasteiger partial charge < -0.3 is 14.8 Å². The van der Waals surface area contributed by atoms with E-state index in [1.54, 1.807) is 31.8 Å². The third-order valence-electron chi connectivity index (χ3n) is 3.79. The van der Waals surface area contributed by atoms with Gasteiger partial charge in [-0.1, -0.05) is 12.1 Å². The molecule has 0 radical (unpaired) electrons. The van der Waals surface area contributed by atoms with Crippen LogP contribution in [0.2, 0.25) is 0 Å². The van der Waals surface area contributed by atoms with Crippen LogP contribution in [-0.2, 0) is 13.0 Å². The van der Waals surface area contributed by atoms with E-state index < -0.39 is 0 Å². The number of methoxy groups -OCH3 is 2. The van der Waals surface area contributed by atoms with Crippen LogP contribution in [0, 0.1) is 0 Å². The van der Waals surface area contributed by atoms with E-state index >= 15 is 0 Å². The van der Waals surface area contributed by atoms with Crippen LogP contribution in [-0.4, -0.2) is 30.7 Å². The van der Waals surface area contributed by atoms with Gasteiger partial charge in [-0.15, -0.1) is 11.3 Å². The second-order valence-electron chi connectivity index (χ2n) is 5.45. The Hall–Kier alpha value is -2.44. The van der Waals surface area contributed by atoms with Crippen LogP contribution >= 0.6 is 11.3 Å². The Balaban J connectivity index is 1.50. The predicted molar refractivity (Wildman–Crippen MR) is 100 cm³/mol. The number of rotatable bonds is 8. The number of nitrogens with zero attached hydrogens (tertiary/aromatic N) is 2. The minimum atomic E-state index is 0.754. The number of aromatic nitrogens is 2. The first-order valence-corrected chi connectivity index (χ1v) is 8.89. The molecule has 3 aromatic rings. The number of hydrogen-bond acceptors (Lipinski definition) is 6. The second kappa shape index (κ2) is 8.60. The molecule has 0 unspecified atom stereocenters. The van der Waals surface area contributed by atoms with Crippen LogP contribution in [0.1, 0.15) is 10.6 Å². The molecule has 1 N–H and O–H groups in total. The van der Waals surface area contributed by atoms with Crippen molar-refractivity contribution in [2.75, 3.05) is 20.8 Å². The van der Waals surface area contributed by atoms with Crippen molar-refractivity contribution in [3.05, 3.63) is 59.4 Å². The number of nitrogens with one attached hydrogen (secondary N) is 1. The summed E-state index contributed by atoms with van der Waals surface area (Å²) in [5.74, 6) is 1.52. The lowest BCUT2D eigenvalue weighted by Gasteiger charge is -2.09. The van der Waals surface area contributed by atoms with Gasteiger partial charge >= 0.3 is 0 Å². The van der Waals surface area contributed by atoms with E-state index in [-0.39, 0.29) is 0 Å². The molecule has 2 heterocycles. The fourth-order valence-corrected chi connectivity index (χ4v) is 3.35. The summed E-state index contributed by atoms with van der Waals surface area (Å²) in [7, 11) is 3.30. The van der Waals surface area contributed by atoms with E-state index in [4.69, 9.17) is 9.47 Å². The summed E-state index contributed by atoms with van der Waals surface area (Å²) in [5, 5.41) is 4.50. The van der Waals surface area contributed by atoms with Crippen molar-refractivity contribution in [1.29, 1.82) is 0 Å². The van der Waals surface area contributed by atoms with Crippen LogP contribution in [0.3, 0.4) is 0 Å². The smallest absolute Gasteiger partial charge is 0.160 e. The van der Waals surface area contributed by atoms with Crippen molar-refractivity contribution in [2.24, 2.45) is 0 Å². The van der Waals surface area contributed by atoms with Crippen LogP contribution in [0.15, 0.2) is 48.8 Å². The van der Waals surface area contributed by atoms with E-state index in [2.05, 4.69) is 21.4 Å². The van der Waals surface area contributed by atoms with E-state index in [1.807, 2.05) is 36.5 Å². The van der Waals surface area contributed by atoms with Gasteiger partial charge in [-0.25, -0.2) is 4.98 Å². The third kappa shape index (κ3) is 4.55. The summed E-state index contributed by atoms with van der Waals surface area (Å²) in [6, 6.07) is 11.9. The SMILES string of the molecule is COc1ccc(CCNCc2ncc(-c3ccccn3)s2)cc1OC. The Kier molecular flexibility index (Phi) is 5.98. The van der Waals surface area contributed by atoms with Gasteiger partial charge in [0.25, 0.3) is 0 Å². The maximum absolute atomic E-state index is 5.34. The quantitative estimate of drug-likeness (QED) is 0.626. The Bertz CT molecular complexity index is 805. The Morgan fingerprint density at radius 2 is 1.92 bits per heavy atom. The topological polar surface area (TPSA) is 56.3 Å². The first kappa shape index (κ1) is 17.4. The van der Waals surface area contributed by atoms with E-state index in [0.717, 1.165) is 46.6 Å². The highest BCUT2D eigenvalue weighted by atomic mass is 32.1. The summed E-state index contributed by atoms with van der Waals surface area (Å²) in [6.45, 7) is 1.62. The largest absolute Gasteiger partial charge is 0.493 e. The average molecular weight is 355 g/mol. The molecule has 5 nitrogen and oxygen atoms in total. The van der Waals surface area contributed by atoms with E-state index in [1.165, 1.54) is 5.56 Å². The van der Waals surface area contributed by atoms with Crippen LogP contribution in [0.5, 0.6) is 11.5 Å². The molecule has 1 aromatic carbocycles. The number of ether oxygens (including phenoxy) is 2. The molecule has 6 heteroatoms. The van der Waals surface area contributed by atoms with Crippen LogP contribution < -0.4 is 14.8 Å². The molecular weight excluding hydrogens is 334 g/mol. The fraction of sp³-hybridized carbons (Fsp3) is 0.263. The highest BCUT2D eigenvalue weighted by Gasteiger charge is 2.06. The lowest BCUT2D eigenvalue weighted by atomic mass is 10.1. The number of pyridine rings is 1. The van der Waals surface area contributed by atoms with Crippen molar-refractivity contribution < 1.29 is 9.47 Å². The second-order valence-corrected chi connectivity index (χ2v) is 6.56. The van der Waals surface area contributed by atoms with E-state index in [9.17, 15) is 0 Å². The monoisotopic (exact) mass is 355 g/mol. The molecule has 0 aliphatic carbocycles. The zero-order valence-corrected chi connectivity index (χ0v) is 15.2. The first-order valence-electron chi connectivity index (χ1n) is 8.08. The van der Waals surface area contributed by atoms with Crippen LogP contribution in [0.4, 0.5) is 0 Å². The number of benzene rings is 1. The zero-order chi connectivity index (χ0) is 17.5. The fourth-order valence-electron chi connectivity index (χ4n) is 2.48. The minimum Gasteiger partial charge on any atom is -0.493 e. The van der Waals surface area contributed by atoms with Crippen molar-refractivity contribution in [2.45, 2.75) is 13.0 Å². The van der Waals surface area contributed by atoms with Gasteiger partial charge in [0.05, 0.1) is 24.8 Å². The van der Waals surface area contributed by atoms with Gasteiger partial charge in [-0.2, -0.15) is 0 Å². The maximum Gasteiger partial charge on any atom is 0.160 e. The normalized spacial score (nSPS) is 10.6. The lowest BCUT2D eigenvalue weighted by molar-refractivity contribution is 0.354. The van der Waals surface area contributed by atoms with Crippen molar-refractivity contribution in [3.8, 4) is 22.1 Å². The van der Waals surface area contributed by atoms with Gasteiger partial charge in [-0.3, -0.25) is 4.98 Å². The first-order chi connectivity index (χ1) is 12.3. The molecule has 130 valence electrons. The minimum absolute atomic E-state index is 0.754.